The van der Waals surface area contributed by atoms with Gasteiger partial charge in [-0.1, -0.05) is 54.6 Å². The van der Waals surface area contributed by atoms with Crippen LogP contribution in [-0.2, 0) is 18.5 Å². The second-order valence-electron chi connectivity index (χ2n) is 12.5. The Kier molecular flexibility index (Phi) is 7.57. The van der Waals surface area contributed by atoms with Crippen molar-refractivity contribution in [3.05, 3.63) is 143 Å². The Balaban J connectivity index is 1.57. The van der Waals surface area contributed by atoms with Gasteiger partial charge in [0.25, 0.3) is 0 Å². The third-order valence-electron chi connectivity index (χ3n) is 9.47. The van der Waals surface area contributed by atoms with Crippen LogP contribution in [0.5, 0.6) is 0 Å². The predicted octanol–water partition coefficient (Wildman–Crippen LogP) is 12.3. The SMILES string of the molecule is N#Cc1cc(C(F)(F)F)ccc1-c1cc(-n2c3ccccc3c3ccc(C(F)(F)F)cc32)c(C#N)c(-n2c3ccccc3c3ccc(C(F)(F)F)cc32)c1. The lowest BCUT2D eigenvalue weighted by Gasteiger charge is -2.19. The molecule has 0 spiro atoms. The summed E-state index contributed by atoms with van der Waals surface area (Å²) in [7, 11) is 0. The fourth-order valence-electron chi connectivity index (χ4n) is 7.11. The molecule has 0 aliphatic heterocycles. The minimum Gasteiger partial charge on any atom is -0.308 e. The minimum absolute atomic E-state index is 0.0222. The summed E-state index contributed by atoms with van der Waals surface area (Å²) in [6.45, 7) is 0. The molecular weight excluding hydrogens is 719 g/mol. The molecule has 0 saturated carbocycles. The van der Waals surface area contributed by atoms with Crippen LogP contribution in [0.15, 0.2) is 115 Å². The maximum Gasteiger partial charge on any atom is 0.416 e. The van der Waals surface area contributed by atoms with Gasteiger partial charge in [-0.2, -0.15) is 50.0 Å². The Morgan fingerprint density at radius 1 is 0.426 bits per heavy atom. The molecule has 0 saturated heterocycles. The van der Waals surface area contributed by atoms with Crippen molar-refractivity contribution < 1.29 is 39.5 Å². The molecular formula is C41H19F9N4. The zero-order chi connectivity index (χ0) is 38.3. The van der Waals surface area contributed by atoms with Gasteiger partial charge in [-0.3, -0.25) is 0 Å². The molecule has 54 heavy (non-hydrogen) atoms. The second kappa shape index (κ2) is 11.9. The number of hydrogen-bond acceptors (Lipinski definition) is 2. The number of halogens is 9. The summed E-state index contributed by atoms with van der Waals surface area (Å²) >= 11 is 0. The molecule has 8 aromatic rings. The number of nitrogens with zero attached hydrogens (tertiary/aromatic N) is 4. The maximum atomic E-state index is 14.1. The summed E-state index contributed by atoms with van der Waals surface area (Å²) in [5, 5.41) is 22.8. The first-order valence-electron chi connectivity index (χ1n) is 16.0. The van der Waals surface area contributed by atoms with Crippen LogP contribution in [0.1, 0.15) is 27.8 Å². The average Bonchev–Trinajstić information content (AvgIpc) is 3.65. The minimum atomic E-state index is -4.80. The Labute approximate surface area is 298 Å². The molecule has 0 aliphatic carbocycles. The second-order valence-corrected chi connectivity index (χ2v) is 12.5. The van der Waals surface area contributed by atoms with Gasteiger partial charge in [-0.25, -0.2) is 0 Å². The van der Waals surface area contributed by atoms with Crippen LogP contribution in [0.2, 0.25) is 0 Å². The molecule has 266 valence electrons. The third kappa shape index (κ3) is 5.39. The monoisotopic (exact) mass is 738 g/mol. The van der Waals surface area contributed by atoms with E-state index in [0.29, 0.717) is 38.6 Å². The molecule has 0 radical (unpaired) electrons. The standard InChI is InChI=1S/C41H19F9N4/c42-39(43,44)24-9-12-27(23(15-24)20-51)22-16-35(53-33-7-3-1-5-28(33)30-13-10-25(18-37(30)53)40(45,46)47)32(21-52)36(17-22)54-34-8-4-2-6-29(34)31-14-11-26(19-38(31)54)41(48,49)50/h1-19H. The van der Waals surface area contributed by atoms with Crippen LogP contribution in [-0.4, -0.2) is 9.13 Å². The molecule has 8 rings (SSSR count). The van der Waals surface area contributed by atoms with Crippen molar-refractivity contribution in [2.75, 3.05) is 0 Å². The van der Waals surface area contributed by atoms with E-state index in [9.17, 15) is 50.0 Å². The van der Waals surface area contributed by atoms with Gasteiger partial charge in [0.1, 0.15) is 11.6 Å². The van der Waals surface area contributed by atoms with Crippen LogP contribution >= 0.6 is 0 Å². The van der Waals surface area contributed by atoms with E-state index in [2.05, 4.69) is 6.07 Å². The van der Waals surface area contributed by atoms with Gasteiger partial charge in [-0.05, 0) is 71.8 Å². The Bertz CT molecular complexity index is 2780. The fraction of sp³-hybridized carbons (Fsp3) is 0.0732. The van der Waals surface area contributed by atoms with E-state index in [1.54, 1.807) is 54.6 Å². The Morgan fingerprint density at radius 3 is 1.26 bits per heavy atom. The number of hydrogen-bond donors (Lipinski definition) is 0. The van der Waals surface area contributed by atoms with Gasteiger partial charge >= 0.3 is 18.5 Å². The Morgan fingerprint density at radius 2 is 0.833 bits per heavy atom. The van der Waals surface area contributed by atoms with Gasteiger partial charge in [0.2, 0.25) is 0 Å². The van der Waals surface area contributed by atoms with Crippen molar-refractivity contribution in [1.29, 1.82) is 10.5 Å². The van der Waals surface area contributed by atoms with Crippen LogP contribution < -0.4 is 0 Å². The molecule has 13 heteroatoms. The van der Waals surface area contributed by atoms with Crippen molar-refractivity contribution >= 4 is 43.6 Å². The summed E-state index contributed by atoms with van der Waals surface area (Å²) in [6.07, 6.45) is -14.3. The first-order valence-corrected chi connectivity index (χ1v) is 16.0. The van der Waals surface area contributed by atoms with Crippen LogP contribution in [0, 0.1) is 22.7 Å². The lowest BCUT2D eigenvalue weighted by molar-refractivity contribution is -0.138. The molecule has 0 unspecified atom stereocenters. The summed E-state index contributed by atoms with van der Waals surface area (Å²) in [6, 6.07) is 28.6. The van der Waals surface area contributed by atoms with E-state index in [4.69, 9.17) is 0 Å². The van der Waals surface area contributed by atoms with Crippen molar-refractivity contribution in [2.24, 2.45) is 0 Å². The van der Waals surface area contributed by atoms with Crippen molar-refractivity contribution in [3.8, 4) is 34.6 Å². The van der Waals surface area contributed by atoms with Crippen molar-refractivity contribution in [1.82, 2.24) is 9.13 Å². The van der Waals surface area contributed by atoms with E-state index in [1.165, 1.54) is 33.4 Å². The van der Waals surface area contributed by atoms with Gasteiger partial charge in [0.15, 0.2) is 0 Å². The summed E-state index contributed by atoms with van der Waals surface area (Å²) in [5.74, 6) is 0. The predicted molar refractivity (Wildman–Crippen MR) is 185 cm³/mol. The quantitative estimate of drug-likeness (QED) is 0.170. The van der Waals surface area contributed by atoms with Gasteiger partial charge in [-0.15, -0.1) is 0 Å². The van der Waals surface area contributed by atoms with Gasteiger partial charge < -0.3 is 9.13 Å². The number of aromatic nitrogens is 2. The van der Waals surface area contributed by atoms with E-state index < -0.39 is 40.8 Å². The zero-order valence-electron chi connectivity index (χ0n) is 27.2. The number of benzene rings is 6. The first-order chi connectivity index (χ1) is 25.6. The lowest BCUT2D eigenvalue weighted by Crippen LogP contribution is -2.08. The number of nitriles is 2. The smallest absolute Gasteiger partial charge is 0.308 e. The zero-order valence-corrected chi connectivity index (χ0v) is 27.2. The van der Waals surface area contributed by atoms with Crippen molar-refractivity contribution in [3.63, 3.8) is 0 Å². The highest BCUT2D eigenvalue weighted by atomic mass is 19.4. The topological polar surface area (TPSA) is 57.4 Å². The number of fused-ring (bicyclic) bond motifs is 6. The average molecular weight is 739 g/mol. The van der Waals surface area contributed by atoms with Crippen LogP contribution in [0.3, 0.4) is 0 Å². The lowest BCUT2D eigenvalue weighted by atomic mass is 9.95. The number of para-hydroxylation sites is 2. The molecule has 0 fully saturated rings. The van der Waals surface area contributed by atoms with Gasteiger partial charge in [0, 0.05) is 21.5 Å². The molecule has 4 nitrogen and oxygen atoms in total. The highest BCUT2D eigenvalue weighted by Crippen LogP contribution is 2.43. The van der Waals surface area contributed by atoms with Crippen LogP contribution in [0.25, 0.3) is 66.1 Å². The van der Waals surface area contributed by atoms with E-state index >= 15 is 0 Å². The van der Waals surface area contributed by atoms with E-state index in [1.807, 2.05) is 0 Å². The summed E-state index contributed by atoms with van der Waals surface area (Å²) in [4.78, 5) is 0. The van der Waals surface area contributed by atoms with E-state index in [0.717, 1.165) is 36.4 Å². The number of rotatable bonds is 3. The Hall–Kier alpha value is -6.73. The fourth-order valence-corrected chi connectivity index (χ4v) is 7.11. The summed E-state index contributed by atoms with van der Waals surface area (Å²) in [5.41, 5.74) is -2.92. The summed E-state index contributed by atoms with van der Waals surface area (Å²) < 4.78 is 129. The molecule has 6 aromatic carbocycles. The molecule has 0 N–H and O–H groups in total. The van der Waals surface area contributed by atoms with Gasteiger partial charge in [0.05, 0.1) is 61.8 Å². The number of alkyl halides is 9. The van der Waals surface area contributed by atoms with Crippen molar-refractivity contribution in [2.45, 2.75) is 18.5 Å². The first kappa shape index (κ1) is 34.4. The molecule has 0 amide bonds. The van der Waals surface area contributed by atoms with Crippen LogP contribution in [0.4, 0.5) is 39.5 Å². The molecule has 0 aliphatic rings. The largest absolute Gasteiger partial charge is 0.416 e. The molecule has 0 atom stereocenters. The normalized spacial score (nSPS) is 12.5. The highest BCUT2D eigenvalue weighted by molar-refractivity contribution is 6.11. The molecule has 0 bridgehead atoms. The third-order valence-corrected chi connectivity index (χ3v) is 9.47. The van der Waals surface area contributed by atoms with E-state index in [-0.39, 0.29) is 39.1 Å². The molecule has 2 aromatic heterocycles. The maximum absolute atomic E-state index is 14.1. The molecule has 2 heterocycles. The highest BCUT2D eigenvalue weighted by Gasteiger charge is 2.34.